The van der Waals surface area contributed by atoms with Gasteiger partial charge in [0.05, 0.1) is 10.8 Å². The minimum absolute atomic E-state index is 0.0557. The Morgan fingerprint density at radius 2 is 1.89 bits per heavy atom. The number of hydrogen-bond acceptors (Lipinski definition) is 7. The SMILES string of the molecule is Cc1cc(Nc2nccc(C(F)(F)F)n2)cc(-c2cnc(C(C)(O)C3CC4C(C3)C4C(=O)O)s2)c1. The van der Waals surface area contributed by atoms with Crippen LogP contribution in [0.4, 0.5) is 24.8 Å². The molecule has 0 saturated heterocycles. The average Bonchev–Trinajstić information content (AvgIpc) is 3.13. The van der Waals surface area contributed by atoms with Crippen molar-refractivity contribution in [1.29, 1.82) is 0 Å². The van der Waals surface area contributed by atoms with Crippen molar-refractivity contribution in [1.82, 2.24) is 15.0 Å². The van der Waals surface area contributed by atoms with Crippen LogP contribution in [0.25, 0.3) is 10.4 Å². The molecule has 0 bridgehead atoms. The minimum atomic E-state index is -4.57. The van der Waals surface area contributed by atoms with Crippen molar-refractivity contribution in [2.45, 2.75) is 38.5 Å². The molecule has 0 spiro atoms. The van der Waals surface area contributed by atoms with Crippen molar-refractivity contribution in [3.05, 3.63) is 52.9 Å². The van der Waals surface area contributed by atoms with E-state index in [-0.39, 0.29) is 29.6 Å². The quantitative estimate of drug-likeness (QED) is 0.422. The Morgan fingerprint density at radius 3 is 2.54 bits per heavy atom. The van der Waals surface area contributed by atoms with Crippen molar-refractivity contribution in [3.63, 3.8) is 0 Å². The summed E-state index contributed by atoms with van der Waals surface area (Å²) < 4.78 is 38.9. The normalized spacial score (nSPS) is 25.1. The third kappa shape index (κ3) is 4.50. The topological polar surface area (TPSA) is 108 Å². The summed E-state index contributed by atoms with van der Waals surface area (Å²) in [6.45, 7) is 3.60. The highest BCUT2D eigenvalue weighted by Crippen LogP contribution is 2.62. The second-order valence-corrected chi connectivity index (χ2v) is 10.5. The van der Waals surface area contributed by atoms with E-state index in [0.717, 1.165) is 28.3 Å². The molecule has 2 saturated carbocycles. The maximum absolute atomic E-state index is 13.0. The van der Waals surface area contributed by atoms with Gasteiger partial charge < -0.3 is 15.5 Å². The molecule has 7 nitrogen and oxygen atoms in total. The number of aryl methyl sites for hydroxylation is 1. The van der Waals surface area contributed by atoms with Crippen LogP contribution < -0.4 is 5.32 Å². The highest BCUT2D eigenvalue weighted by Gasteiger charge is 2.62. The number of carboxylic acid groups (broad SMARTS) is 1. The number of aliphatic carboxylic acids is 1. The van der Waals surface area contributed by atoms with Gasteiger partial charge in [0.2, 0.25) is 5.95 Å². The third-order valence-electron chi connectivity index (χ3n) is 7.03. The van der Waals surface area contributed by atoms with E-state index in [1.54, 1.807) is 25.3 Å². The first-order valence-corrected chi connectivity index (χ1v) is 12.0. The van der Waals surface area contributed by atoms with E-state index in [4.69, 9.17) is 0 Å². The van der Waals surface area contributed by atoms with Gasteiger partial charge in [-0.05, 0) is 73.8 Å². The van der Waals surface area contributed by atoms with Crippen LogP contribution in [0.15, 0.2) is 36.7 Å². The van der Waals surface area contributed by atoms with Gasteiger partial charge in [-0.2, -0.15) is 13.2 Å². The number of aromatic nitrogens is 3. The summed E-state index contributed by atoms with van der Waals surface area (Å²) in [6.07, 6.45) is -0.513. The van der Waals surface area contributed by atoms with E-state index >= 15 is 0 Å². The fourth-order valence-electron chi connectivity index (χ4n) is 5.19. The Bertz CT molecular complexity index is 1280. The second kappa shape index (κ2) is 8.27. The molecular formula is C24H23F3N4O3S. The van der Waals surface area contributed by atoms with Crippen molar-refractivity contribution in [3.8, 4) is 10.4 Å². The van der Waals surface area contributed by atoms with E-state index in [9.17, 15) is 28.2 Å². The number of alkyl halides is 3. The predicted octanol–water partition coefficient (Wildman–Crippen LogP) is 5.24. The smallest absolute Gasteiger partial charge is 0.433 e. The van der Waals surface area contributed by atoms with Crippen LogP contribution in [0.3, 0.4) is 0 Å². The largest absolute Gasteiger partial charge is 0.481 e. The zero-order valence-corrected chi connectivity index (χ0v) is 19.7. The van der Waals surface area contributed by atoms with Crippen molar-refractivity contribution in [2.75, 3.05) is 5.32 Å². The lowest BCUT2D eigenvalue weighted by atomic mass is 9.84. The number of carboxylic acids is 1. The van der Waals surface area contributed by atoms with E-state index in [1.165, 1.54) is 11.3 Å². The Morgan fingerprint density at radius 1 is 1.17 bits per heavy atom. The van der Waals surface area contributed by atoms with Crippen molar-refractivity contribution < 1.29 is 28.2 Å². The number of hydrogen-bond donors (Lipinski definition) is 3. The molecule has 0 aliphatic heterocycles. The Balaban J connectivity index is 1.35. The standard InChI is InChI=1S/C24H23F3N4O3S/c1-11-5-12(7-14(6-11)30-22-28-4-3-18(31-22)24(25,26)27)17-10-29-21(35-17)23(2,34)13-8-15-16(9-13)19(15)20(32)33/h3-7,10,13,15-16,19,34H,8-9H2,1-2H3,(H,32,33)(H,28,30,31). The van der Waals surface area contributed by atoms with Crippen LogP contribution in [-0.2, 0) is 16.6 Å². The minimum Gasteiger partial charge on any atom is -0.481 e. The zero-order chi connectivity index (χ0) is 25.1. The average molecular weight is 505 g/mol. The zero-order valence-electron chi connectivity index (χ0n) is 18.9. The van der Waals surface area contributed by atoms with Crippen LogP contribution in [0, 0.1) is 30.6 Å². The molecule has 184 valence electrons. The number of nitrogens with zero attached hydrogens (tertiary/aromatic N) is 3. The lowest BCUT2D eigenvalue weighted by Gasteiger charge is -2.29. The van der Waals surface area contributed by atoms with Crippen LogP contribution in [-0.4, -0.2) is 31.1 Å². The number of rotatable bonds is 6. The summed E-state index contributed by atoms with van der Waals surface area (Å²) in [5.74, 6) is -0.996. The molecule has 1 aromatic carbocycles. The lowest BCUT2D eigenvalue weighted by Crippen LogP contribution is -2.31. The number of thiazole rings is 1. The number of benzene rings is 1. The first-order valence-electron chi connectivity index (χ1n) is 11.1. The molecule has 0 radical (unpaired) electrons. The van der Waals surface area contributed by atoms with Crippen LogP contribution in [0.5, 0.6) is 0 Å². The molecule has 2 aromatic heterocycles. The third-order valence-corrected chi connectivity index (χ3v) is 8.30. The van der Waals surface area contributed by atoms with Gasteiger partial charge in [-0.15, -0.1) is 11.3 Å². The molecule has 35 heavy (non-hydrogen) atoms. The molecule has 2 aliphatic carbocycles. The van der Waals surface area contributed by atoms with Gasteiger partial charge >= 0.3 is 12.1 Å². The van der Waals surface area contributed by atoms with Gasteiger partial charge in [0, 0.05) is 18.1 Å². The molecule has 0 amide bonds. The van der Waals surface area contributed by atoms with Crippen molar-refractivity contribution in [2.24, 2.45) is 23.7 Å². The highest BCUT2D eigenvalue weighted by molar-refractivity contribution is 7.15. The van der Waals surface area contributed by atoms with Gasteiger partial charge in [0.15, 0.2) is 0 Å². The van der Waals surface area contributed by atoms with Gasteiger partial charge in [-0.1, -0.05) is 6.07 Å². The van der Waals surface area contributed by atoms with Gasteiger partial charge in [0.25, 0.3) is 0 Å². The summed E-state index contributed by atoms with van der Waals surface area (Å²) in [5.41, 5.74) is -0.0162. The number of anilines is 2. The Kier molecular flexibility index (Phi) is 5.59. The lowest BCUT2D eigenvalue weighted by molar-refractivity contribution is -0.141. The van der Waals surface area contributed by atoms with Crippen LogP contribution >= 0.6 is 11.3 Å². The molecule has 3 aromatic rings. The maximum atomic E-state index is 13.0. The maximum Gasteiger partial charge on any atom is 0.433 e. The van der Waals surface area contributed by atoms with E-state index in [0.29, 0.717) is 23.5 Å². The summed E-state index contributed by atoms with van der Waals surface area (Å²) >= 11 is 1.35. The number of carbonyl (C=O) groups is 1. The number of aliphatic hydroxyl groups is 1. The molecule has 3 unspecified atom stereocenters. The fraction of sp³-hybridized carbons (Fsp3) is 0.417. The first kappa shape index (κ1) is 23.7. The van der Waals surface area contributed by atoms with Crippen LogP contribution in [0.1, 0.15) is 36.0 Å². The van der Waals surface area contributed by atoms with Crippen LogP contribution in [0.2, 0.25) is 0 Å². The number of nitrogens with one attached hydrogen (secondary N) is 1. The summed E-state index contributed by atoms with van der Waals surface area (Å²) in [6, 6.07) is 6.28. The molecule has 3 atom stereocenters. The Labute approximate surface area is 203 Å². The molecule has 2 aliphatic rings. The molecular weight excluding hydrogens is 481 g/mol. The van der Waals surface area contributed by atoms with E-state index in [1.807, 2.05) is 13.0 Å². The number of fused-ring (bicyclic) bond motifs is 1. The molecule has 5 rings (SSSR count). The summed E-state index contributed by atoms with van der Waals surface area (Å²) in [7, 11) is 0. The summed E-state index contributed by atoms with van der Waals surface area (Å²) in [4.78, 5) is 24.0. The molecule has 3 N–H and O–H groups in total. The summed E-state index contributed by atoms with van der Waals surface area (Å²) in [5, 5.41) is 23.9. The molecule has 2 heterocycles. The molecule has 2 fully saturated rings. The van der Waals surface area contributed by atoms with Crippen molar-refractivity contribution >= 4 is 28.9 Å². The number of halogens is 3. The first-order chi connectivity index (χ1) is 16.4. The predicted molar refractivity (Wildman–Crippen MR) is 123 cm³/mol. The monoisotopic (exact) mass is 504 g/mol. The van der Waals surface area contributed by atoms with Gasteiger partial charge in [-0.3, -0.25) is 4.79 Å². The second-order valence-electron chi connectivity index (χ2n) is 9.51. The van der Waals surface area contributed by atoms with Gasteiger partial charge in [-0.25, -0.2) is 15.0 Å². The van der Waals surface area contributed by atoms with E-state index in [2.05, 4.69) is 20.3 Å². The molecule has 11 heteroatoms. The highest BCUT2D eigenvalue weighted by atomic mass is 32.1. The Hall–Kier alpha value is -3.05. The van der Waals surface area contributed by atoms with Gasteiger partial charge in [0.1, 0.15) is 16.3 Å². The van der Waals surface area contributed by atoms with E-state index < -0.39 is 23.4 Å². The fourth-order valence-corrected chi connectivity index (χ4v) is 6.21.